The van der Waals surface area contributed by atoms with E-state index >= 15 is 0 Å². The van der Waals surface area contributed by atoms with Crippen molar-refractivity contribution >= 4 is 17.6 Å². The number of carbonyl (C=O) groups excluding carboxylic acids is 2. The van der Waals surface area contributed by atoms with E-state index in [4.69, 9.17) is 4.74 Å². The molecule has 2 heterocycles. The zero-order valence-corrected chi connectivity index (χ0v) is 17.7. The molecule has 1 atom stereocenters. The van der Waals surface area contributed by atoms with Crippen LogP contribution in [-0.2, 0) is 9.53 Å². The van der Waals surface area contributed by atoms with Crippen LogP contribution in [0.15, 0.2) is 30.3 Å². The molecule has 2 saturated heterocycles. The summed E-state index contributed by atoms with van der Waals surface area (Å²) in [7, 11) is 0. The van der Waals surface area contributed by atoms with Crippen LogP contribution in [0.1, 0.15) is 57.8 Å². The third kappa shape index (κ3) is 3.70. The van der Waals surface area contributed by atoms with Gasteiger partial charge in [0, 0.05) is 24.8 Å². The number of benzene rings is 1. The summed E-state index contributed by atoms with van der Waals surface area (Å²) >= 11 is 0. The van der Waals surface area contributed by atoms with Gasteiger partial charge < -0.3 is 19.9 Å². The van der Waals surface area contributed by atoms with Gasteiger partial charge in [0.15, 0.2) is 6.10 Å². The van der Waals surface area contributed by atoms with Crippen LogP contribution in [0.25, 0.3) is 0 Å². The number of nitrogens with one attached hydrogen (secondary N) is 1. The number of hydrogen-bond donors (Lipinski definition) is 1. The van der Waals surface area contributed by atoms with E-state index in [1.54, 1.807) is 0 Å². The first-order valence-corrected chi connectivity index (χ1v) is 11.7. The number of likely N-dealkylation sites (tertiary alicyclic amines) is 2. The first kappa shape index (κ1) is 19.9. The molecule has 4 fully saturated rings. The van der Waals surface area contributed by atoms with Crippen molar-refractivity contribution in [3.63, 3.8) is 0 Å². The Kier molecular flexibility index (Phi) is 5.44. The number of amides is 3. The molecule has 2 aliphatic heterocycles. The molecule has 2 aliphatic carbocycles. The van der Waals surface area contributed by atoms with E-state index in [2.05, 4.69) is 10.2 Å². The summed E-state index contributed by atoms with van der Waals surface area (Å²) in [5, 5.41) is 2.98. The highest BCUT2D eigenvalue weighted by molar-refractivity contribution is 5.91. The molecule has 162 valence electrons. The van der Waals surface area contributed by atoms with Crippen molar-refractivity contribution in [1.82, 2.24) is 9.80 Å². The standard InChI is InChI=1S/C24H33N3O3/c28-22-21(30-17-18-9-10-18)24(13-5-2-6-14-24)27(22)20-11-15-26(16-12-20)23(29)25-19-7-3-1-4-8-19/h1,3-4,7-8,18,20-21H,2,5-6,9-17H2,(H,25,29). The molecule has 6 nitrogen and oxygen atoms in total. The monoisotopic (exact) mass is 411 g/mol. The van der Waals surface area contributed by atoms with Gasteiger partial charge in [-0.2, -0.15) is 0 Å². The number of rotatable bonds is 5. The lowest BCUT2D eigenvalue weighted by atomic mass is 9.68. The number of urea groups is 1. The Morgan fingerprint density at radius 3 is 2.40 bits per heavy atom. The quantitative estimate of drug-likeness (QED) is 0.745. The Labute approximate surface area is 178 Å². The van der Waals surface area contributed by atoms with E-state index in [0.717, 1.165) is 38.0 Å². The van der Waals surface area contributed by atoms with Gasteiger partial charge in [0.25, 0.3) is 5.91 Å². The Morgan fingerprint density at radius 2 is 1.73 bits per heavy atom. The predicted octanol–water partition coefficient (Wildman–Crippen LogP) is 4.02. The molecule has 5 rings (SSSR count). The molecule has 2 saturated carbocycles. The first-order chi connectivity index (χ1) is 14.7. The van der Waals surface area contributed by atoms with Crippen molar-refractivity contribution in [1.29, 1.82) is 0 Å². The van der Waals surface area contributed by atoms with Crippen molar-refractivity contribution in [3.05, 3.63) is 30.3 Å². The summed E-state index contributed by atoms with van der Waals surface area (Å²) in [5.74, 6) is 0.878. The molecule has 4 aliphatic rings. The summed E-state index contributed by atoms with van der Waals surface area (Å²) < 4.78 is 6.19. The lowest BCUT2D eigenvalue weighted by Crippen LogP contribution is -2.78. The van der Waals surface area contributed by atoms with Gasteiger partial charge in [-0.15, -0.1) is 0 Å². The smallest absolute Gasteiger partial charge is 0.321 e. The zero-order chi connectivity index (χ0) is 20.6. The van der Waals surface area contributed by atoms with Crippen LogP contribution >= 0.6 is 0 Å². The predicted molar refractivity (Wildman–Crippen MR) is 115 cm³/mol. The zero-order valence-electron chi connectivity index (χ0n) is 17.7. The van der Waals surface area contributed by atoms with Crippen LogP contribution in [0.4, 0.5) is 10.5 Å². The Hall–Kier alpha value is -2.08. The minimum absolute atomic E-state index is 0.0485. The van der Waals surface area contributed by atoms with Crippen molar-refractivity contribution in [2.45, 2.75) is 75.5 Å². The minimum atomic E-state index is -0.224. The fraction of sp³-hybridized carbons (Fsp3) is 0.667. The summed E-state index contributed by atoms with van der Waals surface area (Å²) in [6.07, 6.45) is 9.76. The van der Waals surface area contributed by atoms with Crippen LogP contribution in [0, 0.1) is 5.92 Å². The molecule has 0 radical (unpaired) electrons. The Bertz CT molecular complexity index is 765. The number of carbonyl (C=O) groups is 2. The maximum Gasteiger partial charge on any atom is 0.321 e. The number of nitrogens with zero attached hydrogens (tertiary/aromatic N) is 2. The van der Waals surface area contributed by atoms with Gasteiger partial charge in [-0.1, -0.05) is 37.5 Å². The number of anilines is 1. The number of para-hydroxylation sites is 1. The van der Waals surface area contributed by atoms with Crippen LogP contribution in [0.3, 0.4) is 0 Å². The maximum absolute atomic E-state index is 13.1. The van der Waals surface area contributed by atoms with Gasteiger partial charge in [-0.3, -0.25) is 4.79 Å². The average Bonchev–Trinajstić information content (AvgIpc) is 3.60. The normalized spacial score (nSPS) is 26.5. The fourth-order valence-electron chi connectivity index (χ4n) is 5.64. The molecular formula is C24H33N3O3. The van der Waals surface area contributed by atoms with Crippen molar-refractivity contribution in [2.24, 2.45) is 5.92 Å². The molecule has 1 aromatic rings. The van der Waals surface area contributed by atoms with E-state index < -0.39 is 0 Å². The molecule has 6 heteroatoms. The van der Waals surface area contributed by atoms with Gasteiger partial charge in [-0.05, 0) is 56.6 Å². The average molecular weight is 412 g/mol. The number of β-lactam (4-membered cyclic amide) rings is 1. The van der Waals surface area contributed by atoms with E-state index in [-0.39, 0.29) is 29.6 Å². The van der Waals surface area contributed by atoms with E-state index in [1.165, 1.54) is 32.1 Å². The van der Waals surface area contributed by atoms with Crippen LogP contribution in [-0.4, -0.2) is 59.1 Å². The number of ether oxygens (including phenoxy) is 1. The summed E-state index contributed by atoms with van der Waals surface area (Å²) in [4.78, 5) is 29.8. The molecule has 30 heavy (non-hydrogen) atoms. The van der Waals surface area contributed by atoms with Crippen molar-refractivity contribution in [2.75, 3.05) is 25.0 Å². The highest BCUT2D eigenvalue weighted by Crippen LogP contribution is 2.48. The SMILES string of the molecule is O=C(Nc1ccccc1)N1CCC(N2C(=O)C(OCC3CC3)C23CCCCC3)CC1. The topological polar surface area (TPSA) is 61.9 Å². The van der Waals surface area contributed by atoms with E-state index in [1.807, 2.05) is 35.2 Å². The van der Waals surface area contributed by atoms with Gasteiger partial charge >= 0.3 is 6.03 Å². The molecule has 0 bridgehead atoms. The highest BCUT2D eigenvalue weighted by atomic mass is 16.5. The van der Waals surface area contributed by atoms with Crippen molar-refractivity contribution in [3.8, 4) is 0 Å². The molecule has 1 spiro atoms. The first-order valence-electron chi connectivity index (χ1n) is 11.7. The Balaban J connectivity index is 1.20. The van der Waals surface area contributed by atoms with Crippen molar-refractivity contribution < 1.29 is 14.3 Å². The lowest BCUT2D eigenvalue weighted by Gasteiger charge is -2.62. The molecular weight excluding hydrogens is 378 g/mol. The van der Waals surface area contributed by atoms with Crippen LogP contribution < -0.4 is 5.32 Å². The second-order valence-corrected chi connectivity index (χ2v) is 9.54. The molecule has 1 unspecified atom stereocenters. The second kappa shape index (κ2) is 8.22. The minimum Gasteiger partial charge on any atom is -0.366 e. The summed E-state index contributed by atoms with van der Waals surface area (Å²) in [5.41, 5.74) is 0.739. The Morgan fingerprint density at radius 1 is 1.03 bits per heavy atom. The van der Waals surface area contributed by atoms with Gasteiger partial charge in [0.2, 0.25) is 0 Å². The van der Waals surface area contributed by atoms with Crippen LogP contribution in [0.5, 0.6) is 0 Å². The largest absolute Gasteiger partial charge is 0.366 e. The second-order valence-electron chi connectivity index (χ2n) is 9.54. The number of hydrogen-bond acceptors (Lipinski definition) is 3. The van der Waals surface area contributed by atoms with Gasteiger partial charge in [-0.25, -0.2) is 4.79 Å². The lowest BCUT2D eigenvalue weighted by molar-refractivity contribution is -0.211. The third-order valence-electron chi connectivity index (χ3n) is 7.49. The van der Waals surface area contributed by atoms with Gasteiger partial charge in [0.05, 0.1) is 12.1 Å². The molecule has 1 aromatic carbocycles. The van der Waals surface area contributed by atoms with E-state index in [0.29, 0.717) is 19.0 Å². The van der Waals surface area contributed by atoms with Gasteiger partial charge in [0.1, 0.15) is 0 Å². The molecule has 0 aromatic heterocycles. The molecule has 1 N–H and O–H groups in total. The van der Waals surface area contributed by atoms with Crippen LogP contribution in [0.2, 0.25) is 0 Å². The molecule has 3 amide bonds. The van der Waals surface area contributed by atoms with E-state index in [9.17, 15) is 9.59 Å². The fourth-order valence-corrected chi connectivity index (χ4v) is 5.64. The number of piperidine rings is 1. The maximum atomic E-state index is 13.1. The third-order valence-corrected chi connectivity index (χ3v) is 7.49. The summed E-state index contributed by atoms with van der Waals surface area (Å²) in [6, 6.07) is 9.76. The highest BCUT2D eigenvalue weighted by Gasteiger charge is 2.62. The summed E-state index contributed by atoms with van der Waals surface area (Å²) in [6.45, 7) is 2.14.